The zero-order valence-electron chi connectivity index (χ0n) is 11.7. The van der Waals surface area contributed by atoms with Gasteiger partial charge in [-0.25, -0.2) is 0 Å². The van der Waals surface area contributed by atoms with Crippen LogP contribution in [0.25, 0.3) is 0 Å². The molecular weight excluding hydrogens is 230 g/mol. The van der Waals surface area contributed by atoms with Crippen molar-refractivity contribution in [1.29, 1.82) is 0 Å². The number of ether oxygens (including phenoxy) is 1. The number of hydrogen-bond donors (Lipinski definition) is 1. The van der Waals surface area contributed by atoms with Gasteiger partial charge in [-0.15, -0.1) is 0 Å². The van der Waals surface area contributed by atoms with Crippen LogP contribution in [0, 0.1) is 0 Å². The topological polar surface area (TPSA) is 58.8 Å². The summed E-state index contributed by atoms with van der Waals surface area (Å²) in [5, 5.41) is 0. The minimum Gasteiger partial charge on any atom is -0.377 e. The maximum Gasteiger partial charge on any atom is 0.241 e. The van der Waals surface area contributed by atoms with Crippen molar-refractivity contribution in [3.63, 3.8) is 0 Å². The first-order valence-corrected chi connectivity index (χ1v) is 6.79. The van der Waals surface area contributed by atoms with Crippen LogP contribution in [0.1, 0.15) is 26.7 Å². The zero-order valence-corrected chi connectivity index (χ0v) is 11.7. The van der Waals surface area contributed by atoms with E-state index in [1.807, 2.05) is 11.9 Å². The molecular formula is C13H25N3O2. The second-order valence-corrected chi connectivity index (χ2v) is 6.03. The van der Waals surface area contributed by atoms with Crippen LogP contribution in [-0.4, -0.2) is 66.7 Å². The molecule has 0 radical (unpaired) electrons. The third kappa shape index (κ3) is 2.53. The second kappa shape index (κ2) is 5.15. The molecule has 104 valence electrons. The molecule has 2 rings (SSSR count). The maximum absolute atomic E-state index is 12.3. The molecule has 0 aromatic rings. The molecule has 2 heterocycles. The van der Waals surface area contributed by atoms with E-state index in [9.17, 15) is 4.79 Å². The summed E-state index contributed by atoms with van der Waals surface area (Å²) < 4.78 is 5.67. The highest BCUT2D eigenvalue weighted by atomic mass is 16.5. The largest absolute Gasteiger partial charge is 0.377 e. The first kappa shape index (κ1) is 13.8. The molecule has 5 nitrogen and oxygen atoms in total. The summed E-state index contributed by atoms with van der Waals surface area (Å²) in [6.45, 7) is 7.11. The summed E-state index contributed by atoms with van der Waals surface area (Å²) in [4.78, 5) is 16.4. The highest BCUT2D eigenvalue weighted by Crippen LogP contribution is 2.25. The lowest BCUT2D eigenvalue weighted by Crippen LogP contribution is -2.67. The predicted molar refractivity (Wildman–Crippen MR) is 70.2 cm³/mol. The highest BCUT2D eigenvalue weighted by Gasteiger charge is 2.42. The molecule has 0 saturated carbocycles. The molecule has 5 heteroatoms. The molecule has 0 aliphatic carbocycles. The molecule has 0 spiro atoms. The Balaban J connectivity index is 2.08. The standard InChI is InChI=1S/C13H25N3O2/c1-13(2)9-16(8-10-5-4-6-18-10)11(7-14)12(17)15(13)3/h10-11H,4-9,14H2,1-3H3. The molecule has 2 atom stereocenters. The van der Waals surface area contributed by atoms with Crippen LogP contribution >= 0.6 is 0 Å². The van der Waals surface area contributed by atoms with E-state index in [2.05, 4.69) is 18.7 Å². The highest BCUT2D eigenvalue weighted by molar-refractivity contribution is 5.83. The fourth-order valence-electron chi connectivity index (χ4n) is 2.88. The number of piperazine rings is 1. The van der Waals surface area contributed by atoms with Crippen molar-refractivity contribution in [2.75, 3.05) is 33.3 Å². The van der Waals surface area contributed by atoms with E-state index < -0.39 is 0 Å². The summed E-state index contributed by atoms with van der Waals surface area (Å²) in [6.07, 6.45) is 2.49. The monoisotopic (exact) mass is 255 g/mol. The molecule has 18 heavy (non-hydrogen) atoms. The van der Waals surface area contributed by atoms with Crippen molar-refractivity contribution in [2.45, 2.75) is 44.4 Å². The second-order valence-electron chi connectivity index (χ2n) is 6.03. The Morgan fingerprint density at radius 3 is 2.78 bits per heavy atom. The number of carbonyl (C=O) groups excluding carboxylic acids is 1. The smallest absolute Gasteiger partial charge is 0.241 e. The Hall–Kier alpha value is -0.650. The Morgan fingerprint density at radius 1 is 1.50 bits per heavy atom. The molecule has 0 aromatic heterocycles. The number of amides is 1. The number of hydrogen-bond acceptors (Lipinski definition) is 4. The van der Waals surface area contributed by atoms with Gasteiger partial charge >= 0.3 is 0 Å². The third-order valence-corrected chi connectivity index (χ3v) is 4.24. The number of carbonyl (C=O) groups is 1. The lowest BCUT2D eigenvalue weighted by Gasteiger charge is -2.49. The summed E-state index contributed by atoms with van der Waals surface area (Å²) in [5.74, 6) is 0.131. The number of nitrogens with zero attached hydrogens (tertiary/aromatic N) is 2. The van der Waals surface area contributed by atoms with Crippen molar-refractivity contribution in [1.82, 2.24) is 9.80 Å². The summed E-state index contributed by atoms with van der Waals surface area (Å²) in [7, 11) is 1.87. The van der Waals surface area contributed by atoms with Gasteiger partial charge in [0.1, 0.15) is 6.04 Å². The van der Waals surface area contributed by atoms with Crippen molar-refractivity contribution < 1.29 is 9.53 Å². The van der Waals surface area contributed by atoms with Gasteiger partial charge in [0.15, 0.2) is 0 Å². The Bertz CT molecular complexity index is 313. The minimum absolute atomic E-state index is 0.131. The van der Waals surface area contributed by atoms with Gasteiger partial charge in [-0.05, 0) is 26.7 Å². The summed E-state index contributed by atoms with van der Waals surface area (Å²) in [6, 6.07) is -0.188. The lowest BCUT2D eigenvalue weighted by atomic mass is 9.95. The normalized spacial score (nSPS) is 33.1. The van der Waals surface area contributed by atoms with E-state index in [1.54, 1.807) is 0 Å². The first-order valence-electron chi connectivity index (χ1n) is 6.79. The number of likely N-dealkylation sites (N-methyl/N-ethyl adjacent to an activating group) is 1. The molecule has 2 aliphatic heterocycles. The van der Waals surface area contributed by atoms with Crippen molar-refractivity contribution in [3.05, 3.63) is 0 Å². The lowest BCUT2D eigenvalue weighted by molar-refractivity contribution is -0.149. The van der Waals surface area contributed by atoms with Crippen LogP contribution in [0.5, 0.6) is 0 Å². The van der Waals surface area contributed by atoms with Gasteiger partial charge in [0.05, 0.1) is 6.10 Å². The van der Waals surface area contributed by atoms with Gasteiger partial charge in [0.25, 0.3) is 0 Å². The Labute approximate surface area is 109 Å². The molecule has 2 aliphatic rings. The van der Waals surface area contributed by atoms with Crippen molar-refractivity contribution in [2.24, 2.45) is 5.73 Å². The molecule has 0 bridgehead atoms. The van der Waals surface area contributed by atoms with Gasteiger partial charge < -0.3 is 15.4 Å². The van der Waals surface area contributed by atoms with Gasteiger partial charge in [0.2, 0.25) is 5.91 Å². The SMILES string of the molecule is CN1C(=O)C(CN)N(CC2CCCO2)CC1(C)C. The zero-order chi connectivity index (χ0) is 13.3. The molecule has 2 N–H and O–H groups in total. The third-order valence-electron chi connectivity index (χ3n) is 4.24. The average Bonchev–Trinajstić information content (AvgIpc) is 2.79. The van der Waals surface area contributed by atoms with Crippen LogP contribution < -0.4 is 5.73 Å². The van der Waals surface area contributed by atoms with Gasteiger partial charge in [-0.1, -0.05) is 0 Å². The predicted octanol–water partition coefficient (Wildman–Crippen LogP) is 0.0453. The van der Waals surface area contributed by atoms with E-state index in [-0.39, 0.29) is 23.6 Å². The van der Waals surface area contributed by atoms with E-state index in [1.165, 1.54) is 0 Å². The molecule has 2 unspecified atom stereocenters. The van der Waals surface area contributed by atoms with Crippen molar-refractivity contribution in [3.8, 4) is 0 Å². The van der Waals surface area contributed by atoms with Crippen LogP contribution in [-0.2, 0) is 9.53 Å². The van der Waals surface area contributed by atoms with E-state index >= 15 is 0 Å². The summed E-state index contributed by atoms with van der Waals surface area (Å²) >= 11 is 0. The number of rotatable bonds is 3. The van der Waals surface area contributed by atoms with E-state index in [0.717, 1.165) is 32.5 Å². The molecule has 2 saturated heterocycles. The van der Waals surface area contributed by atoms with Crippen molar-refractivity contribution >= 4 is 5.91 Å². The molecule has 0 aromatic carbocycles. The molecule has 1 amide bonds. The van der Waals surface area contributed by atoms with E-state index in [4.69, 9.17) is 10.5 Å². The van der Waals surface area contributed by atoms with Crippen LogP contribution in [0.3, 0.4) is 0 Å². The maximum atomic E-state index is 12.3. The van der Waals surface area contributed by atoms with Gasteiger partial charge in [0, 0.05) is 38.8 Å². The van der Waals surface area contributed by atoms with Gasteiger partial charge in [-0.3, -0.25) is 9.69 Å². The van der Waals surface area contributed by atoms with Gasteiger partial charge in [-0.2, -0.15) is 0 Å². The van der Waals surface area contributed by atoms with E-state index in [0.29, 0.717) is 6.54 Å². The quantitative estimate of drug-likeness (QED) is 0.774. The fraction of sp³-hybridized carbons (Fsp3) is 0.923. The fourth-order valence-corrected chi connectivity index (χ4v) is 2.88. The van der Waals surface area contributed by atoms with Crippen LogP contribution in [0.4, 0.5) is 0 Å². The molecule has 2 fully saturated rings. The average molecular weight is 255 g/mol. The number of nitrogens with two attached hydrogens (primary N) is 1. The first-order chi connectivity index (χ1) is 8.45. The van der Waals surface area contributed by atoms with Crippen LogP contribution in [0.15, 0.2) is 0 Å². The minimum atomic E-state index is -0.188. The Morgan fingerprint density at radius 2 is 2.22 bits per heavy atom. The van der Waals surface area contributed by atoms with Crippen LogP contribution in [0.2, 0.25) is 0 Å². The Kier molecular flexibility index (Phi) is 3.94. The summed E-state index contributed by atoms with van der Waals surface area (Å²) in [5.41, 5.74) is 5.64.